The Bertz CT molecular complexity index is 290. The van der Waals surface area contributed by atoms with Crippen molar-refractivity contribution in [1.82, 2.24) is 0 Å². The first-order chi connectivity index (χ1) is 9.09. The Morgan fingerprint density at radius 1 is 1.11 bits per heavy atom. The molecule has 2 heteroatoms. The third-order valence-corrected chi connectivity index (χ3v) is 5.74. The minimum Gasteiger partial charge on any atom is -0.282 e. The van der Waals surface area contributed by atoms with Crippen molar-refractivity contribution >= 4 is 16.9 Å². The molecule has 1 fully saturated rings. The number of hydrogen-bond donors (Lipinski definition) is 0. The van der Waals surface area contributed by atoms with Crippen LogP contribution in [0.1, 0.15) is 84.5 Å². The Morgan fingerprint density at radius 3 is 2.26 bits per heavy atom. The summed E-state index contributed by atoms with van der Waals surface area (Å²) in [6, 6.07) is 0. The van der Waals surface area contributed by atoms with Crippen LogP contribution in [0, 0.1) is 0 Å². The molecule has 19 heavy (non-hydrogen) atoms. The number of carbonyl (C=O) groups is 1. The van der Waals surface area contributed by atoms with Gasteiger partial charge in [0.05, 0.1) is 0 Å². The second kappa shape index (κ2) is 8.84. The monoisotopic (exact) mass is 282 g/mol. The predicted molar refractivity (Wildman–Crippen MR) is 86.6 cm³/mol. The van der Waals surface area contributed by atoms with E-state index >= 15 is 0 Å². The molecule has 0 aromatic carbocycles. The van der Waals surface area contributed by atoms with Gasteiger partial charge in [0.25, 0.3) is 0 Å². The molecular weight excluding hydrogens is 252 g/mol. The summed E-state index contributed by atoms with van der Waals surface area (Å²) in [6.07, 6.45) is 14.3. The molecule has 0 heterocycles. The minimum atomic E-state index is 0.216. The van der Waals surface area contributed by atoms with Crippen molar-refractivity contribution in [2.24, 2.45) is 0 Å². The molecule has 1 aliphatic rings. The molecule has 0 unspecified atom stereocenters. The summed E-state index contributed by atoms with van der Waals surface area (Å²) in [7, 11) is 0. The fourth-order valence-electron chi connectivity index (χ4n) is 2.93. The summed E-state index contributed by atoms with van der Waals surface area (Å²) in [5.41, 5.74) is 0.708. The van der Waals surface area contributed by atoms with Crippen molar-refractivity contribution in [2.75, 3.05) is 0 Å². The summed E-state index contributed by atoms with van der Waals surface area (Å²) >= 11 is 1.59. The second-order valence-corrected chi connectivity index (χ2v) is 7.52. The average molecular weight is 282 g/mol. The summed E-state index contributed by atoms with van der Waals surface area (Å²) in [4.78, 5) is 11.9. The maximum Gasteiger partial charge on any atom is 0.214 e. The van der Waals surface area contributed by atoms with E-state index in [0.717, 1.165) is 0 Å². The molecule has 1 aliphatic carbocycles. The zero-order chi connectivity index (χ0) is 14.1. The third kappa shape index (κ3) is 6.16. The van der Waals surface area contributed by atoms with Crippen LogP contribution in [0.3, 0.4) is 0 Å². The Kier molecular flexibility index (Phi) is 7.82. The second-order valence-electron chi connectivity index (χ2n) is 6.08. The highest BCUT2D eigenvalue weighted by Crippen LogP contribution is 2.46. The fourth-order valence-corrected chi connectivity index (χ4v) is 4.24. The van der Waals surface area contributed by atoms with Crippen molar-refractivity contribution in [3.63, 3.8) is 0 Å². The van der Waals surface area contributed by atoms with Gasteiger partial charge in [-0.3, -0.25) is 4.79 Å². The van der Waals surface area contributed by atoms with E-state index in [1.807, 2.05) is 6.92 Å². The summed E-state index contributed by atoms with van der Waals surface area (Å²) < 4.78 is 0.251. The van der Waals surface area contributed by atoms with Gasteiger partial charge in [0.1, 0.15) is 0 Å². The fraction of sp³-hybridized carbons (Fsp3) is 0.824. The Labute approximate surface area is 123 Å². The molecule has 0 atom stereocenters. The predicted octanol–water partition coefficient (Wildman–Crippen LogP) is 5.89. The van der Waals surface area contributed by atoms with Crippen LogP contribution in [-0.4, -0.2) is 9.86 Å². The maximum absolute atomic E-state index is 11.9. The van der Waals surface area contributed by atoms with E-state index in [2.05, 4.69) is 13.5 Å². The van der Waals surface area contributed by atoms with Gasteiger partial charge in [-0.15, -0.1) is 0 Å². The van der Waals surface area contributed by atoms with E-state index in [-0.39, 0.29) is 9.86 Å². The van der Waals surface area contributed by atoms with Crippen molar-refractivity contribution < 1.29 is 4.79 Å². The van der Waals surface area contributed by atoms with Gasteiger partial charge in [-0.1, -0.05) is 76.6 Å². The topological polar surface area (TPSA) is 17.1 Å². The highest BCUT2D eigenvalue weighted by Gasteiger charge is 2.36. The van der Waals surface area contributed by atoms with Crippen molar-refractivity contribution in [2.45, 2.75) is 89.2 Å². The number of rotatable bonds is 9. The smallest absolute Gasteiger partial charge is 0.214 e. The first kappa shape index (κ1) is 16.8. The molecule has 0 aliphatic heterocycles. The molecule has 0 N–H and O–H groups in total. The molecule has 110 valence electrons. The van der Waals surface area contributed by atoms with Gasteiger partial charge < -0.3 is 0 Å². The molecule has 0 spiro atoms. The SMILES string of the molecule is C=C(C)C(=O)SC1(CCCCCCCC)CCCC1. The average Bonchev–Trinajstić information content (AvgIpc) is 2.82. The Balaban J connectivity index is 2.31. The van der Waals surface area contributed by atoms with Crippen LogP contribution in [0.4, 0.5) is 0 Å². The van der Waals surface area contributed by atoms with Crippen molar-refractivity contribution in [3.05, 3.63) is 12.2 Å². The highest BCUT2D eigenvalue weighted by atomic mass is 32.2. The van der Waals surface area contributed by atoms with Gasteiger partial charge in [0.15, 0.2) is 0 Å². The minimum absolute atomic E-state index is 0.216. The van der Waals surface area contributed by atoms with Crippen LogP contribution < -0.4 is 0 Å². The van der Waals surface area contributed by atoms with Crippen LogP contribution in [0.15, 0.2) is 12.2 Å². The van der Waals surface area contributed by atoms with Crippen molar-refractivity contribution in [3.8, 4) is 0 Å². The molecule has 1 saturated carbocycles. The lowest BCUT2D eigenvalue weighted by atomic mass is 9.98. The highest BCUT2D eigenvalue weighted by molar-refractivity contribution is 8.15. The van der Waals surface area contributed by atoms with Crippen LogP contribution in [0.5, 0.6) is 0 Å². The van der Waals surface area contributed by atoms with E-state index in [0.29, 0.717) is 5.57 Å². The molecule has 0 amide bonds. The number of thioether (sulfide) groups is 1. The standard InChI is InChI=1S/C17H30OS/c1-4-5-6-7-8-9-12-17(13-10-11-14-17)19-16(18)15(2)3/h2,4-14H2,1,3H3. The summed E-state index contributed by atoms with van der Waals surface area (Å²) in [6.45, 7) is 7.88. The summed E-state index contributed by atoms with van der Waals surface area (Å²) in [5.74, 6) is 0. The lowest BCUT2D eigenvalue weighted by molar-refractivity contribution is -0.107. The number of carbonyl (C=O) groups excluding carboxylic acids is 1. The molecular formula is C17H30OS. The first-order valence-electron chi connectivity index (χ1n) is 7.98. The van der Waals surface area contributed by atoms with Gasteiger partial charge in [0.2, 0.25) is 5.12 Å². The molecule has 1 nitrogen and oxygen atoms in total. The van der Waals surface area contributed by atoms with E-state index in [9.17, 15) is 4.79 Å². The van der Waals surface area contributed by atoms with Gasteiger partial charge in [-0.2, -0.15) is 0 Å². The zero-order valence-corrected chi connectivity index (χ0v) is 13.6. The zero-order valence-electron chi connectivity index (χ0n) is 12.8. The van der Waals surface area contributed by atoms with E-state index < -0.39 is 0 Å². The van der Waals surface area contributed by atoms with Crippen molar-refractivity contribution in [1.29, 1.82) is 0 Å². The largest absolute Gasteiger partial charge is 0.282 e. The quantitative estimate of drug-likeness (QED) is 0.387. The van der Waals surface area contributed by atoms with E-state index in [4.69, 9.17) is 0 Å². The molecule has 1 rings (SSSR count). The van der Waals surface area contributed by atoms with Gasteiger partial charge >= 0.3 is 0 Å². The van der Waals surface area contributed by atoms with Gasteiger partial charge in [-0.25, -0.2) is 0 Å². The first-order valence-corrected chi connectivity index (χ1v) is 8.80. The van der Waals surface area contributed by atoms with Crippen LogP contribution in [0.25, 0.3) is 0 Å². The van der Waals surface area contributed by atoms with Crippen LogP contribution in [0.2, 0.25) is 0 Å². The van der Waals surface area contributed by atoms with E-state index in [1.54, 1.807) is 11.8 Å². The van der Waals surface area contributed by atoms with Crippen LogP contribution in [-0.2, 0) is 4.79 Å². The molecule has 0 radical (unpaired) electrons. The molecule has 0 aromatic rings. The Morgan fingerprint density at radius 2 is 1.68 bits per heavy atom. The van der Waals surface area contributed by atoms with E-state index in [1.165, 1.54) is 70.6 Å². The molecule has 0 bridgehead atoms. The third-order valence-electron chi connectivity index (χ3n) is 4.16. The van der Waals surface area contributed by atoms with Crippen LogP contribution >= 0.6 is 11.8 Å². The number of unbranched alkanes of at least 4 members (excludes halogenated alkanes) is 5. The lowest BCUT2D eigenvalue weighted by Crippen LogP contribution is -2.22. The Hall–Kier alpha value is -0.240. The normalized spacial score (nSPS) is 17.6. The van der Waals surface area contributed by atoms with Gasteiger partial charge in [0, 0.05) is 4.75 Å². The maximum atomic E-state index is 11.9. The number of hydrogen-bond acceptors (Lipinski definition) is 2. The molecule has 0 saturated heterocycles. The van der Waals surface area contributed by atoms with Gasteiger partial charge in [-0.05, 0) is 31.8 Å². The lowest BCUT2D eigenvalue weighted by Gasteiger charge is -2.27. The molecule has 0 aromatic heterocycles. The summed E-state index contributed by atoms with van der Waals surface area (Å²) in [5, 5.41) is 0.216.